The normalized spacial score (nSPS) is 11.6. The third-order valence-corrected chi connectivity index (χ3v) is 18.4. The van der Waals surface area contributed by atoms with Gasteiger partial charge in [0.2, 0.25) is 0 Å². The fourth-order valence-electron chi connectivity index (χ4n) is 8.59. The molecule has 0 radical (unpaired) electrons. The van der Waals surface area contributed by atoms with Gasteiger partial charge in [-0.3, -0.25) is 33.3 Å². The number of benzene rings is 5. The highest BCUT2D eigenvalue weighted by molar-refractivity contribution is 7.94. The maximum Gasteiger partial charge on any atom is 0.263 e. The van der Waals surface area contributed by atoms with Crippen molar-refractivity contribution >= 4 is 75.5 Å². The first-order valence-corrected chi connectivity index (χ1v) is 27.9. The van der Waals surface area contributed by atoms with E-state index in [0.717, 1.165) is 66.8 Å². The maximum absolute atomic E-state index is 15.3. The lowest BCUT2D eigenvalue weighted by Crippen LogP contribution is -2.20. The van der Waals surface area contributed by atoms with Crippen LogP contribution in [0, 0.1) is 25.5 Å². The van der Waals surface area contributed by atoms with Gasteiger partial charge in [-0.1, -0.05) is 90.0 Å². The Balaban J connectivity index is 0.000000182. The van der Waals surface area contributed by atoms with Gasteiger partial charge < -0.3 is 0 Å². The van der Waals surface area contributed by atoms with Crippen LogP contribution in [0.15, 0.2) is 193 Å². The predicted octanol–water partition coefficient (Wildman–Crippen LogP) is 10.9. The molecule has 5 aromatic carbocycles. The number of hydrogen-bond acceptors (Lipinski definition) is 11. The number of nitrogens with zero attached hydrogens (tertiary/aromatic N) is 3. The van der Waals surface area contributed by atoms with E-state index in [0.29, 0.717) is 21.9 Å². The smallest absolute Gasteiger partial charge is 0.263 e. The molecule has 10 aromatic rings. The van der Waals surface area contributed by atoms with E-state index in [-0.39, 0.29) is 43.8 Å². The monoisotopic (exact) mass is 1060 g/mol. The number of carbonyl (C=O) groups is 2. The number of pyridine rings is 3. The zero-order valence-corrected chi connectivity index (χ0v) is 42.8. The van der Waals surface area contributed by atoms with Crippen molar-refractivity contribution in [1.82, 2.24) is 14.1 Å². The fraction of sp³-hybridized carbons (Fsp3) is 0.105. The van der Waals surface area contributed by atoms with Crippen molar-refractivity contribution in [3.8, 4) is 33.6 Å². The summed E-state index contributed by atoms with van der Waals surface area (Å²) in [6, 6.07) is 38.6. The Bertz CT molecular complexity index is 3860. The Morgan fingerprint density at radius 3 is 1.35 bits per heavy atom. The molecule has 0 aliphatic rings. The van der Waals surface area contributed by atoms with Crippen LogP contribution in [-0.2, 0) is 42.1 Å². The Hall–Kier alpha value is -7.83. The summed E-state index contributed by atoms with van der Waals surface area (Å²) in [5, 5.41) is 5.69. The molecular weight excluding hydrogens is 1020 g/mol. The average Bonchev–Trinajstić information content (AvgIpc) is 4.14. The molecule has 17 heteroatoms. The second-order valence-electron chi connectivity index (χ2n) is 17.5. The SMILES string of the molecule is Cc1ccc2c(=O)n(-c3ccc(CC(=O)CS(=O)(=O)c4cccs4)cc3F)cc(-c3ccccc3)c2c1.Cc1ccc2c(=O)n(-c3ccc(CC(=O)CS(=O)(=O)c4cccs4)cc3F)cc(-c3ccncc3)c2c1. The van der Waals surface area contributed by atoms with E-state index in [1.165, 1.54) is 51.6 Å². The number of thiophene rings is 2. The van der Waals surface area contributed by atoms with Crippen molar-refractivity contribution in [1.29, 1.82) is 0 Å². The summed E-state index contributed by atoms with van der Waals surface area (Å²) in [5.74, 6) is -3.76. The molecule has 0 aliphatic heterocycles. The second kappa shape index (κ2) is 21.3. The number of ketones is 2. The van der Waals surface area contributed by atoms with E-state index in [9.17, 15) is 36.0 Å². The molecule has 11 nitrogen and oxygen atoms in total. The summed E-state index contributed by atoms with van der Waals surface area (Å²) in [5.41, 5.74) is 5.25. The number of sulfone groups is 2. The first kappa shape index (κ1) is 51.1. The van der Waals surface area contributed by atoms with E-state index in [1.807, 2.05) is 80.6 Å². The van der Waals surface area contributed by atoms with Gasteiger partial charge in [-0.25, -0.2) is 25.6 Å². The summed E-state index contributed by atoms with van der Waals surface area (Å²) >= 11 is 2.10. The van der Waals surface area contributed by atoms with Crippen molar-refractivity contribution in [3.63, 3.8) is 0 Å². The van der Waals surface area contributed by atoms with Crippen LogP contribution in [0.2, 0.25) is 0 Å². The van der Waals surface area contributed by atoms with Crippen LogP contribution >= 0.6 is 22.7 Å². The summed E-state index contributed by atoms with van der Waals surface area (Å²) in [6.07, 6.45) is 6.07. The maximum atomic E-state index is 15.3. The van der Waals surface area contributed by atoms with E-state index in [1.54, 1.807) is 65.9 Å². The molecule has 372 valence electrons. The zero-order chi connectivity index (χ0) is 52.3. The third-order valence-electron chi connectivity index (χ3n) is 12.1. The van der Waals surface area contributed by atoms with Gasteiger partial charge in [-0.15, -0.1) is 22.7 Å². The summed E-state index contributed by atoms with van der Waals surface area (Å²) in [4.78, 5) is 55.7. The number of fused-ring (bicyclic) bond motifs is 2. The van der Waals surface area contributed by atoms with Gasteiger partial charge in [0.1, 0.15) is 31.6 Å². The van der Waals surface area contributed by atoms with Crippen LogP contribution < -0.4 is 11.1 Å². The van der Waals surface area contributed by atoms with Crippen LogP contribution in [0.25, 0.3) is 55.2 Å². The van der Waals surface area contributed by atoms with E-state index < -0.39 is 54.4 Å². The topological polar surface area (TPSA) is 159 Å². The fourth-order valence-corrected chi connectivity index (χ4v) is 13.3. The molecule has 0 N–H and O–H groups in total. The van der Waals surface area contributed by atoms with Crippen LogP contribution in [0.5, 0.6) is 0 Å². The minimum Gasteiger partial charge on any atom is -0.298 e. The molecule has 0 unspecified atom stereocenters. The quantitative estimate of drug-likeness (QED) is 0.103. The van der Waals surface area contributed by atoms with Crippen molar-refractivity contribution in [2.24, 2.45) is 0 Å². The molecule has 0 spiro atoms. The third kappa shape index (κ3) is 11.1. The molecule has 10 rings (SSSR count). The second-order valence-corrected chi connectivity index (χ2v) is 23.8. The minimum atomic E-state index is -3.73. The lowest BCUT2D eigenvalue weighted by Gasteiger charge is -2.14. The number of rotatable bonds is 14. The van der Waals surface area contributed by atoms with Crippen molar-refractivity contribution in [2.45, 2.75) is 35.1 Å². The van der Waals surface area contributed by atoms with Gasteiger partial charge in [0.25, 0.3) is 11.1 Å². The molecule has 0 bridgehead atoms. The van der Waals surface area contributed by atoms with E-state index in [4.69, 9.17) is 0 Å². The van der Waals surface area contributed by atoms with Gasteiger partial charge in [0, 0.05) is 59.5 Å². The number of halogens is 2. The van der Waals surface area contributed by atoms with Gasteiger partial charge in [0.05, 0.1) is 11.4 Å². The molecule has 0 atom stereocenters. The molecule has 0 aliphatic carbocycles. The van der Waals surface area contributed by atoms with Gasteiger partial charge in [-0.05, 0) is 118 Å². The van der Waals surface area contributed by atoms with Crippen LogP contribution in [-0.4, -0.2) is 54.0 Å². The summed E-state index contributed by atoms with van der Waals surface area (Å²) < 4.78 is 83.0. The molecular formula is C57H43F2N3O8S4. The number of aromatic nitrogens is 3. The summed E-state index contributed by atoms with van der Waals surface area (Å²) in [7, 11) is -7.46. The zero-order valence-electron chi connectivity index (χ0n) is 39.6. The number of carbonyl (C=O) groups excluding carboxylic acids is 2. The van der Waals surface area contributed by atoms with Gasteiger partial charge in [-0.2, -0.15) is 0 Å². The average molecular weight is 1060 g/mol. The Morgan fingerprint density at radius 2 is 0.946 bits per heavy atom. The summed E-state index contributed by atoms with van der Waals surface area (Å²) in [6.45, 7) is 3.89. The minimum absolute atomic E-state index is 0.0326. The predicted molar refractivity (Wildman–Crippen MR) is 287 cm³/mol. The van der Waals surface area contributed by atoms with Crippen molar-refractivity contribution < 1.29 is 35.2 Å². The lowest BCUT2D eigenvalue weighted by atomic mass is 9.99. The van der Waals surface area contributed by atoms with Gasteiger partial charge >= 0.3 is 0 Å². The molecule has 0 saturated carbocycles. The number of hydrogen-bond donors (Lipinski definition) is 0. The van der Waals surface area contributed by atoms with Crippen LogP contribution in [0.4, 0.5) is 8.78 Å². The van der Waals surface area contributed by atoms with Crippen LogP contribution in [0.1, 0.15) is 22.3 Å². The highest BCUT2D eigenvalue weighted by atomic mass is 32.2. The lowest BCUT2D eigenvalue weighted by molar-refractivity contribution is -0.116. The Morgan fingerprint density at radius 1 is 0.514 bits per heavy atom. The van der Waals surface area contributed by atoms with Crippen molar-refractivity contribution in [3.05, 3.63) is 230 Å². The number of Topliss-reactive ketones (excluding diaryl/α,β-unsaturated/α-hetero) is 2. The number of aryl methyl sites for hydroxylation is 2. The van der Waals surface area contributed by atoms with E-state index in [2.05, 4.69) is 4.98 Å². The molecule has 74 heavy (non-hydrogen) atoms. The van der Waals surface area contributed by atoms with Gasteiger partial charge in [0.15, 0.2) is 31.2 Å². The van der Waals surface area contributed by atoms with Crippen LogP contribution in [0.3, 0.4) is 0 Å². The standard InChI is InChI=1S/C29H22FNO4S2.C28H21FN2O4S2/c1-19-9-11-23-24(14-19)25(21-6-3-2-4-7-21)17-31(29(23)33)27-12-10-20(16-26(27)30)15-22(32)18-37(34,35)28-8-5-13-36-28;1-18-4-6-22-23(13-18)24(20-8-10-30-11-9-20)16-31(28(22)33)26-7-5-19(15-25(26)29)14-21(32)17-37(34,35)27-3-2-12-36-27/h2-14,16-17H,15,18H2,1H3;2-13,15-16H,14,17H2,1H3. The highest BCUT2D eigenvalue weighted by Crippen LogP contribution is 2.31. The largest absolute Gasteiger partial charge is 0.298 e. The Labute approximate surface area is 432 Å². The molecule has 5 heterocycles. The Kier molecular flexibility index (Phi) is 14.7. The first-order chi connectivity index (χ1) is 35.5. The molecule has 0 saturated heterocycles. The molecule has 0 amide bonds. The molecule has 5 aromatic heterocycles. The first-order valence-electron chi connectivity index (χ1n) is 22.9. The van der Waals surface area contributed by atoms with Crippen molar-refractivity contribution in [2.75, 3.05) is 11.5 Å². The van der Waals surface area contributed by atoms with E-state index >= 15 is 8.78 Å². The molecule has 0 fully saturated rings. The highest BCUT2D eigenvalue weighted by Gasteiger charge is 2.23.